The molecule has 0 spiro atoms. The summed E-state index contributed by atoms with van der Waals surface area (Å²) in [5, 5.41) is 5.37. The number of hydrogen-bond donors (Lipinski definition) is 3. The van der Waals surface area contributed by atoms with Crippen LogP contribution in [0, 0.1) is 11.7 Å². The maximum atomic E-state index is 14.2. The molecule has 1 heterocycles. The number of hydrogen-bond acceptors (Lipinski definition) is 3. The van der Waals surface area contributed by atoms with Gasteiger partial charge in [-0.05, 0) is 43.9 Å². The fourth-order valence-corrected chi connectivity index (χ4v) is 3.50. The molecule has 2 atom stereocenters. The van der Waals surface area contributed by atoms with E-state index < -0.39 is 11.4 Å². The minimum atomic E-state index is -0.568. The molecule has 0 saturated heterocycles. The predicted octanol–water partition coefficient (Wildman–Crippen LogP) is 2.56. The van der Waals surface area contributed by atoms with Gasteiger partial charge in [0, 0.05) is 17.6 Å². The Morgan fingerprint density at radius 2 is 2.17 bits per heavy atom. The number of amides is 2. The Morgan fingerprint density at radius 1 is 1.39 bits per heavy atom. The maximum absolute atomic E-state index is 14.2. The zero-order chi connectivity index (χ0) is 16.6. The molecule has 6 heteroatoms. The Morgan fingerprint density at radius 3 is 2.91 bits per heavy atom. The third-order valence-corrected chi connectivity index (χ3v) is 4.92. The molecule has 3 rings (SSSR count). The van der Waals surface area contributed by atoms with E-state index in [0.29, 0.717) is 24.9 Å². The zero-order valence-corrected chi connectivity index (χ0v) is 13.2. The van der Waals surface area contributed by atoms with Crippen LogP contribution in [0.15, 0.2) is 12.1 Å². The van der Waals surface area contributed by atoms with E-state index in [1.54, 1.807) is 0 Å². The number of carbonyl (C=O) groups is 2. The van der Waals surface area contributed by atoms with Crippen LogP contribution in [-0.2, 0) is 16.0 Å². The molecule has 0 aromatic heterocycles. The van der Waals surface area contributed by atoms with Gasteiger partial charge in [-0.15, -0.1) is 0 Å². The standard InChI is InChI=1S/C17H22FN3O2/c1-17(19)7-3-2-4-11(17)16(23)21-14-9-13-10(8-12(14)18)5-6-15(22)20-13/h8-9,11H,2-7,19H2,1H3,(H,20,22)(H,21,23). The van der Waals surface area contributed by atoms with Gasteiger partial charge in [0.15, 0.2) is 0 Å². The van der Waals surface area contributed by atoms with Crippen molar-refractivity contribution in [2.24, 2.45) is 11.7 Å². The molecule has 1 aromatic carbocycles. The molecule has 1 aliphatic heterocycles. The van der Waals surface area contributed by atoms with Crippen LogP contribution in [0.5, 0.6) is 0 Å². The first-order valence-electron chi connectivity index (χ1n) is 8.09. The van der Waals surface area contributed by atoms with Crippen LogP contribution < -0.4 is 16.4 Å². The highest BCUT2D eigenvalue weighted by Crippen LogP contribution is 2.34. The van der Waals surface area contributed by atoms with Crippen molar-refractivity contribution in [3.05, 3.63) is 23.5 Å². The van der Waals surface area contributed by atoms with E-state index in [9.17, 15) is 14.0 Å². The van der Waals surface area contributed by atoms with Crippen LogP contribution in [0.1, 0.15) is 44.6 Å². The smallest absolute Gasteiger partial charge is 0.229 e. The van der Waals surface area contributed by atoms with E-state index in [1.165, 1.54) is 12.1 Å². The molecule has 0 radical (unpaired) electrons. The van der Waals surface area contributed by atoms with Crippen LogP contribution in [0.4, 0.5) is 15.8 Å². The SMILES string of the molecule is CC1(N)CCCCC1C(=O)Nc1cc2c(cc1F)CCC(=O)N2. The molecule has 1 aliphatic carbocycles. The van der Waals surface area contributed by atoms with Crippen molar-refractivity contribution in [1.29, 1.82) is 0 Å². The fourth-order valence-electron chi connectivity index (χ4n) is 3.50. The third-order valence-electron chi connectivity index (χ3n) is 4.92. The van der Waals surface area contributed by atoms with Crippen molar-refractivity contribution in [2.75, 3.05) is 10.6 Å². The molecule has 4 N–H and O–H groups in total. The summed E-state index contributed by atoms with van der Waals surface area (Å²) in [5.41, 5.74) is 7.08. The molecular formula is C17H22FN3O2. The number of rotatable bonds is 2. The van der Waals surface area contributed by atoms with Crippen molar-refractivity contribution < 1.29 is 14.0 Å². The Hall–Kier alpha value is -1.95. The number of fused-ring (bicyclic) bond motifs is 1. The van der Waals surface area contributed by atoms with Gasteiger partial charge in [-0.2, -0.15) is 0 Å². The van der Waals surface area contributed by atoms with Crippen LogP contribution in [0.2, 0.25) is 0 Å². The number of nitrogens with one attached hydrogen (secondary N) is 2. The van der Waals surface area contributed by atoms with Gasteiger partial charge in [0.05, 0.1) is 11.6 Å². The van der Waals surface area contributed by atoms with Gasteiger partial charge >= 0.3 is 0 Å². The van der Waals surface area contributed by atoms with Crippen LogP contribution in [0.25, 0.3) is 0 Å². The van der Waals surface area contributed by atoms with E-state index in [0.717, 1.165) is 24.8 Å². The van der Waals surface area contributed by atoms with E-state index >= 15 is 0 Å². The fraction of sp³-hybridized carbons (Fsp3) is 0.529. The predicted molar refractivity (Wildman–Crippen MR) is 86.5 cm³/mol. The minimum absolute atomic E-state index is 0.0943. The van der Waals surface area contributed by atoms with Crippen molar-refractivity contribution in [2.45, 2.75) is 51.0 Å². The van der Waals surface area contributed by atoms with Crippen LogP contribution >= 0.6 is 0 Å². The summed E-state index contributed by atoms with van der Waals surface area (Å²) in [6, 6.07) is 2.88. The van der Waals surface area contributed by atoms with Gasteiger partial charge in [0.1, 0.15) is 5.82 Å². The lowest BCUT2D eigenvalue weighted by atomic mass is 9.74. The quantitative estimate of drug-likeness (QED) is 0.783. The molecule has 1 saturated carbocycles. The molecule has 2 unspecified atom stereocenters. The van der Waals surface area contributed by atoms with Crippen molar-refractivity contribution in [3.8, 4) is 0 Å². The Labute approximate surface area is 134 Å². The number of anilines is 2. The highest BCUT2D eigenvalue weighted by atomic mass is 19.1. The summed E-state index contributed by atoms with van der Waals surface area (Å²) < 4.78 is 14.2. The van der Waals surface area contributed by atoms with Crippen LogP contribution in [0.3, 0.4) is 0 Å². The highest BCUT2D eigenvalue weighted by molar-refractivity contribution is 5.97. The first kappa shape index (κ1) is 15.9. The van der Waals surface area contributed by atoms with Gasteiger partial charge in [-0.25, -0.2) is 4.39 Å². The zero-order valence-electron chi connectivity index (χ0n) is 13.2. The molecule has 0 bridgehead atoms. The van der Waals surface area contributed by atoms with Gasteiger partial charge in [0.2, 0.25) is 11.8 Å². The lowest BCUT2D eigenvalue weighted by Crippen LogP contribution is -2.51. The molecule has 2 aliphatic rings. The maximum Gasteiger partial charge on any atom is 0.229 e. The highest BCUT2D eigenvalue weighted by Gasteiger charge is 2.38. The summed E-state index contributed by atoms with van der Waals surface area (Å²) in [6.07, 6.45) is 4.32. The Bertz CT molecular complexity index is 657. The van der Waals surface area contributed by atoms with E-state index in [1.807, 2.05) is 6.92 Å². The van der Waals surface area contributed by atoms with Crippen molar-refractivity contribution in [3.63, 3.8) is 0 Å². The van der Waals surface area contributed by atoms with E-state index in [2.05, 4.69) is 10.6 Å². The second-order valence-electron chi connectivity index (χ2n) is 6.83. The molecule has 23 heavy (non-hydrogen) atoms. The number of carbonyl (C=O) groups excluding carboxylic acids is 2. The lowest BCUT2D eigenvalue weighted by Gasteiger charge is -2.37. The van der Waals surface area contributed by atoms with Gasteiger partial charge < -0.3 is 16.4 Å². The molecule has 1 fully saturated rings. The number of nitrogens with two attached hydrogens (primary N) is 1. The summed E-state index contributed by atoms with van der Waals surface area (Å²) in [6.45, 7) is 1.87. The van der Waals surface area contributed by atoms with Crippen molar-refractivity contribution >= 4 is 23.2 Å². The van der Waals surface area contributed by atoms with Gasteiger partial charge in [-0.1, -0.05) is 12.8 Å². The summed E-state index contributed by atoms with van der Waals surface area (Å²) in [4.78, 5) is 24.0. The second-order valence-corrected chi connectivity index (χ2v) is 6.83. The number of aryl methyl sites for hydroxylation is 1. The summed E-state index contributed by atoms with van der Waals surface area (Å²) in [7, 11) is 0. The average Bonchev–Trinajstić information content (AvgIpc) is 2.48. The molecule has 2 amide bonds. The first-order valence-corrected chi connectivity index (χ1v) is 8.09. The van der Waals surface area contributed by atoms with E-state index in [-0.39, 0.29) is 23.4 Å². The van der Waals surface area contributed by atoms with Gasteiger partial charge in [0.25, 0.3) is 0 Å². The molecule has 1 aromatic rings. The molecule has 124 valence electrons. The number of halogens is 1. The average molecular weight is 319 g/mol. The molecular weight excluding hydrogens is 297 g/mol. The monoisotopic (exact) mass is 319 g/mol. The summed E-state index contributed by atoms with van der Waals surface area (Å²) >= 11 is 0. The third kappa shape index (κ3) is 3.22. The lowest BCUT2D eigenvalue weighted by molar-refractivity contribution is -0.122. The molecule has 5 nitrogen and oxygen atoms in total. The Balaban J connectivity index is 1.81. The first-order chi connectivity index (χ1) is 10.9. The second kappa shape index (κ2) is 5.92. The van der Waals surface area contributed by atoms with Crippen LogP contribution in [-0.4, -0.2) is 17.4 Å². The number of benzene rings is 1. The van der Waals surface area contributed by atoms with Crippen molar-refractivity contribution in [1.82, 2.24) is 0 Å². The minimum Gasteiger partial charge on any atom is -0.326 e. The largest absolute Gasteiger partial charge is 0.326 e. The normalized spacial score (nSPS) is 27.1. The Kier molecular flexibility index (Phi) is 4.10. The van der Waals surface area contributed by atoms with E-state index in [4.69, 9.17) is 5.73 Å². The summed E-state index contributed by atoms with van der Waals surface area (Å²) in [5.74, 6) is -1.16. The van der Waals surface area contributed by atoms with Gasteiger partial charge in [-0.3, -0.25) is 9.59 Å². The topological polar surface area (TPSA) is 84.2 Å².